The van der Waals surface area contributed by atoms with Gasteiger partial charge in [0, 0.05) is 26.1 Å². The molecule has 0 radical (unpaired) electrons. The Balaban J connectivity index is 2.32. The van der Waals surface area contributed by atoms with Crippen LogP contribution in [0.2, 0.25) is 0 Å². The minimum atomic E-state index is -0.817. The van der Waals surface area contributed by atoms with Crippen LogP contribution < -0.4 is 4.90 Å². The molecular formula is C16H28N4O2. The molecule has 0 spiro atoms. The zero-order chi connectivity index (χ0) is 16.5. The summed E-state index contributed by atoms with van der Waals surface area (Å²) >= 11 is 0. The van der Waals surface area contributed by atoms with Crippen LogP contribution in [0.1, 0.15) is 40.4 Å². The van der Waals surface area contributed by atoms with E-state index in [1.807, 2.05) is 6.92 Å². The number of ether oxygens (including phenoxy) is 1. The molecule has 1 aliphatic rings. The fraction of sp³-hybridized carbons (Fsp3) is 0.750. The van der Waals surface area contributed by atoms with Crippen LogP contribution in [0.3, 0.4) is 0 Å². The molecule has 1 N–H and O–H groups in total. The number of nitrogens with zero attached hydrogens (tertiary/aromatic N) is 4. The first kappa shape index (κ1) is 17.0. The zero-order valence-electron chi connectivity index (χ0n) is 14.3. The van der Waals surface area contributed by atoms with Crippen LogP contribution >= 0.6 is 0 Å². The second-order valence-corrected chi connectivity index (χ2v) is 7.11. The van der Waals surface area contributed by atoms with Crippen molar-refractivity contribution >= 4 is 5.95 Å². The number of aromatic nitrogens is 3. The van der Waals surface area contributed by atoms with Gasteiger partial charge in [-0.25, -0.2) is 0 Å². The van der Waals surface area contributed by atoms with Gasteiger partial charge >= 0.3 is 0 Å². The highest BCUT2D eigenvalue weighted by molar-refractivity contribution is 5.33. The molecule has 1 saturated heterocycles. The van der Waals surface area contributed by atoms with Gasteiger partial charge in [0.15, 0.2) is 0 Å². The third-order valence-corrected chi connectivity index (χ3v) is 3.53. The maximum Gasteiger partial charge on any atom is 0.227 e. The number of anilines is 1. The Hall–Kier alpha value is -1.40. The van der Waals surface area contributed by atoms with Gasteiger partial charge in [-0.15, -0.1) is 10.2 Å². The topological polar surface area (TPSA) is 63.4 Å². The average Bonchev–Trinajstić information content (AvgIpc) is 2.68. The van der Waals surface area contributed by atoms with Crippen molar-refractivity contribution in [1.29, 1.82) is 0 Å². The zero-order valence-corrected chi connectivity index (χ0v) is 14.3. The van der Waals surface area contributed by atoms with E-state index in [0.717, 1.165) is 30.4 Å². The first-order valence-electron chi connectivity index (χ1n) is 7.85. The third-order valence-electron chi connectivity index (χ3n) is 3.53. The monoisotopic (exact) mass is 308 g/mol. The van der Waals surface area contributed by atoms with E-state index in [0.29, 0.717) is 13.0 Å². The van der Waals surface area contributed by atoms with E-state index in [9.17, 15) is 5.11 Å². The van der Waals surface area contributed by atoms with Gasteiger partial charge in [-0.05, 0) is 34.6 Å². The van der Waals surface area contributed by atoms with Crippen molar-refractivity contribution < 1.29 is 9.84 Å². The lowest BCUT2D eigenvalue weighted by Gasteiger charge is -2.36. The molecule has 0 saturated carbocycles. The lowest BCUT2D eigenvalue weighted by Crippen LogP contribution is -2.46. The van der Waals surface area contributed by atoms with Gasteiger partial charge in [-0.2, -0.15) is 0 Å². The van der Waals surface area contributed by atoms with E-state index in [-0.39, 0.29) is 12.2 Å². The molecular weight excluding hydrogens is 280 g/mol. The SMILES string of the molecule is C=C(C)Cn1c(CC(C)(C)O)nnc1N1C[C@@H](C)O[C@@H](C)C1. The van der Waals surface area contributed by atoms with Gasteiger partial charge in [-0.3, -0.25) is 4.57 Å². The van der Waals surface area contributed by atoms with Crippen LogP contribution in [0.5, 0.6) is 0 Å². The number of rotatable bonds is 5. The van der Waals surface area contributed by atoms with Crippen molar-refractivity contribution in [2.45, 2.75) is 65.4 Å². The Bertz CT molecular complexity index is 523. The van der Waals surface area contributed by atoms with Crippen molar-refractivity contribution in [3.05, 3.63) is 18.0 Å². The van der Waals surface area contributed by atoms with Crippen LogP contribution in [-0.2, 0) is 17.7 Å². The summed E-state index contributed by atoms with van der Waals surface area (Å²) in [5.74, 6) is 1.63. The number of allylic oxidation sites excluding steroid dienone is 1. The van der Waals surface area contributed by atoms with Gasteiger partial charge < -0.3 is 14.7 Å². The summed E-state index contributed by atoms with van der Waals surface area (Å²) < 4.78 is 7.85. The van der Waals surface area contributed by atoms with Crippen LogP contribution in [0.4, 0.5) is 5.95 Å². The molecule has 0 bridgehead atoms. The predicted octanol–water partition coefficient (Wildman–Crippen LogP) is 1.78. The molecule has 6 nitrogen and oxygen atoms in total. The summed E-state index contributed by atoms with van der Waals surface area (Å²) in [5, 5.41) is 18.8. The van der Waals surface area contributed by atoms with Crippen LogP contribution in [0.15, 0.2) is 12.2 Å². The fourth-order valence-electron chi connectivity index (χ4n) is 2.85. The molecule has 0 amide bonds. The molecule has 6 heteroatoms. The Morgan fingerprint density at radius 1 is 1.32 bits per heavy atom. The summed E-state index contributed by atoms with van der Waals surface area (Å²) in [6.45, 7) is 15.9. The summed E-state index contributed by atoms with van der Waals surface area (Å²) in [4.78, 5) is 2.21. The molecule has 1 fully saturated rings. The van der Waals surface area contributed by atoms with E-state index < -0.39 is 5.60 Å². The first-order chi connectivity index (χ1) is 10.2. The van der Waals surface area contributed by atoms with Gasteiger partial charge in [0.25, 0.3) is 0 Å². The standard InChI is InChI=1S/C16H28N4O2/c1-11(2)8-20-14(7-16(5,6)21)17-18-15(20)19-9-12(3)22-13(4)10-19/h12-13,21H,1,7-10H2,2-6H3/t12-,13+. The Kier molecular flexibility index (Phi) is 4.92. The minimum absolute atomic E-state index is 0.163. The highest BCUT2D eigenvalue weighted by Crippen LogP contribution is 2.22. The Morgan fingerprint density at radius 2 is 1.91 bits per heavy atom. The van der Waals surface area contributed by atoms with Crippen molar-refractivity contribution in [3.63, 3.8) is 0 Å². The number of aliphatic hydroxyl groups is 1. The molecule has 0 aliphatic carbocycles. The highest BCUT2D eigenvalue weighted by Gasteiger charge is 2.28. The summed E-state index contributed by atoms with van der Waals surface area (Å²) in [7, 11) is 0. The molecule has 2 rings (SSSR count). The fourth-order valence-corrected chi connectivity index (χ4v) is 2.85. The van der Waals surface area contributed by atoms with E-state index >= 15 is 0 Å². The molecule has 1 aliphatic heterocycles. The van der Waals surface area contributed by atoms with E-state index in [1.54, 1.807) is 13.8 Å². The molecule has 1 aromatic rings. The quantitative estimate of drug-likeness (QED) is 0.840. The Labute approximate surface area is 132 Å². The maximum atomic E-state index is 10.1. The van der Waals surface area contributed by atoms with Gasteiger partial charge in [0.1, 0.15) is 5.82 Å². The smallest absolute Gasteiger partial charge is 0.227 e. The van der Waals surface area contributed by atoms with Crippen LogP contribution in [-0.4, -0.2) is 50.8 Å². The van der Waals surface area contributed by atoms with Crippen molar-refractivity contribution in [2.75, 3.05) is 18.0 Å². The van der Waals surface area contributed by atoms with Gasteiger partial charge in [-0.1, -0.05) is 12.2 Å². The van der Waals surface area contributed by atoms with Crippen LogP contribution in [0, 0.1) is 0 Å². The maximum absolute atomic E-state index is 10.1. The lowest BCUT2D eigenvalue weighted by molar-refractivity contribution is -0.00593. The van der Waals surface area contributed by atoms with Gasteiger partial charge in [0.2, 0.25) is 5.95 Å². The normalized spacial score (nSPS) is 22.9. The molecule has 1 aromatic heterocycles. The van der Waals surface area contributed by atoms with E-state index in [2.05, 4.69) is 40.1 Å². The number of hydrogen-bond donors (Lipinski definition) is 1. The minimum Gasteiger partial charge on any atom is -0.390 e. The number of hydrogen-bond acceptors (Lipinski definition) is 5. The van der Waals surface area contributed by atoms with E-state index in [4.69, 9.17) is 4.74 Å². The second-order valence-electron chi connectivity index (χ2n) is 7.11. The van der Waals surface area contributed by atoms with Gasteiger partial charge in [0.05, 0.1) is 17.8 Å². The summed E-state index contributed by atoms with van der Waals surface area (Å²) in [6.07, 6.45) is 0.788. The Morgan fingerprint density at radius 3 is 2.41 bits per heavy atom. The number of morpholine rings is 1. The highest BCUT2D eigenvalue weighted by atomic mass is 16.5. The molecule has 0 aromatic carbocycles. The lowest BCUT2D eigenvalue weighted by atomic mass is 10.1. The predicted molar refractivity (Wildman–Crippen MR) is 87.1 cm³/mol. The van der Waals surface area contributed by atoms with Crippen molar-refractivity contribution in [2.24, 2.45) is 0 Å². The van der Waals surface area contributed by atoms with E-state index in [1.165, 1.54) is 0 Å². The average molecular weight is 308 g/mol. The first-order valence-corrected chi connectivity index (χ1v) is 7.85. The molecule has 22 heavy (non-hydrogen) atoms. The molecule has 2 heterocycles. The molecule has 2 atom stereocenters. The summed E-state index contributed by atoms with van der Waals surface area (Å²) in [5.41, 5.74) is 0.218. The third kappa shape index (κ3) is 4.30. The van der Waals surface area contributed by atoms with Crippen molar-refractivity contribution in [3.8, 4) is 0 Å². The molecule has 0 unspecified atom stereocenters. The van der Waals surface area contributed by atoms with Crippen molar-refractivity contribution in [1.82, 2.24) is 14.8 Å². The van der Waals surface area contributed by atoms with Crippen LogP contribution in [0.25, 0.3) is 0 Å². The largest absolute Gasteiger partial charge is 0.390 e. The summed E-state index contributed by atoms with van der Waals surface area (Å²) in [6, 6.07) is 0. The second kappa shape index (κ2) is 6.38. The molecule has 124 valence electrons.